The third-order valence-electron chi connectivity index (χ3n) is 6.49. The summed E-state index contributed by atoms with van der Waals surface area (Å²) >= 11 is 0. The number of amides is 2. The van der Waals surface area contributed by atoms with Crippen LogP contribution in [-0.4, -0.2) is 50.4 Å². The molecule has 3 aromatic heterocycles. The van der Waals surface area contributed by atoms with Crippen LogP contribution in [0.2, 0.25) is 0 Å². The Morgan fingerprint density at radius 3 is 2.86 bits per heavy atom. The van der Waals surface area contributed by atoms with E-state index < -0.39 is 23.2 Å². The van der Waals surface area contributed by atoms with Crippen molar-refractivity contribution in [3.05, 3.63) is 59.7 Å². The number of nitrogens with zero attached hydrogens (tertiary/aromatic N) is 5. The fourth-order valence-corrected chi connectivity index (χ4v) is 4.61. The maximum Gasteiger partial charge on any atom is 0.419 e. The van der Waals surface area contributed by atoms with Crippen LogP contribution in [0.1, 0.15) is 36.2 Å². The predicted molar refractivity (Wildman–Crippen MR) is 120 cm³/mol. The van der Waals surface area contributed by atoms with Gasteiger partial charge in [-0.3, -0.25) is 9.67 Å². The van der Waals surface area contributed by atoms with E-state index >= 15 is 0 Å². The number of pyridine rings is 2. The van der Waals surface area contributed by atoms with E-state index in [2.05, 4.69) is 20.4 Å². The van der Waals surface area contributed by atoms with Crippen molar-refractivity contribution in [2.45, 2.75) is 37.7 Å². The minimum Gasteiger partial charge on any atom is -0.383 e. The van der Waals surface area contributed by atoms with E-state index in [1.54, 1.807) is 28.0 Å². The molecule has 3 N–H and O–H groups in total. The molecular formula is C23H24F3N7O2. The number of likely N-dealkylation sites (tertiary alicyclic amines) is 1. The molecule has 9 nitrogen and oxygen atoms in total. The van der Waals surface area contributed by atoms with Gasteiger partial charge in [0.1, 0.15) is 11.4 Å². The molecule has 35 heavy (non-hydrogen) atoms. The van der Waals surface area contributed by atoms with Gasteiger partial charge >= 0.3 is 12.2 Å². The third-order valence-corrected chi connectivity index (χ3v) is 6.49. The Morgan fingerprint density at radius 2 is 2.11 bits per heavy atom. The van der Waals surface area contributed by atoms with Crippen molar-refractivity contribution in [1.82, 2.24) is 30.0 Å². The van der Waals surface area contributed by atoms with Gasteiger partial charge in [-0.05, 0) is 30.7 Å². The summed E-state index contributed by atoms with van der Waals surface area (Å²) in [6.07, 6.45) is 0.575. The summed E-state index contributed by atoms with van der Waals surface area (Å²) < 4.78 is 47.8. The smallest absolute Gasteiger partial charge is 0.383 e. The summed E-state index contributed by atoms with van der Waals surface area (Å²) in [5.41, 5.74) is 5.82. The van der Waals surface area contributed by atoms with Crippen LogP contribution in [0.15, 0.2) is 42.9 Å². The van der Waals surface area contributed by atoms with Crippen molar-refractivity contribution < 1.29 is 22.7 Å². The van der Waals surface area contributed by atoms with Crippen LogP contribution in [-0.2, 0) is 23.1 Å². The SMILES string of the molecule is C[C@H](NC(=O)N1CCC2(C1)OCCn1nc(-c3cnc(N)c(C(F)(F)F)c3)cc12)c1cccnc1. The molecule has 5 rings (SSSR count). The van der Waals surface area contributed by atoms with E-state index in [1.807, 2.05) is 19.1 Å². The van der Waals surface area contributed by atoms with Gasteiger partial charge in [0.05, 0.1) is 42.7 Å². The van der Waals surface area contributed by atoms with Gasteiger partial charge in [-0.15, -0.1) is 0 Å². The first-order valence-corrected chi connectivity index (χ1v) is 11.2. The van der Waals surface area contributed by atoms with Crippen molar-refractivity contribution in [3.63, 3.8) is 0 Å². The number of nitrogens with one attached hydrogen (secondary N) is 1. The van der Waals surface area contributed by atoms with Crippen molar-refractivity contribution >= 4 is 11.8 Å². The lowest BCUT2D eigenvalue weighted by Crippen LogP contribution is -2.44. The molecule has 12 heteroatoms. The number of hydrogen-bond acceptors (Lipinski definition) is 6. The van der Waals surface area contributed by atoms with Crippen LogP contribution < -0.4 is 11.1 Å². The van der Waals surface area contributed by atoms with Crippen molar-refractivity contribution in [1.29, 1.82) is 0 Å². The second-order valence-electron chi connectivity index (χ2n) is 8.76. The largest absolute Gasteiger partial charge is 0.419 e. The Balaban J connectivity index is 1.37. The quantitative estimate of drug-likeness (QED) is 0.586. The van der Waals surface area contributed by atoms with E-state index in [9.17, 15) is 18.0 Å². The van der Waals surface area contributed by atoms with Crippen molar-refractivity contribution in [2.24, 2.45) is 0 Å². The Hall–Kier alpha value is -3.67. The zero-order valence-electron chi connectivity index (χ0n) is 18.9. The number of carbonyl (C=O) groups excluding carboxylic acids is 1. The predicted octanol–water partition coefficient (Wildman–Crippen LogP) is 3.34. The highest BCUT2D eigenvalue weighted by atomic mass is 19.4. The number of anilines is 1. The molecule has 0 saturated carbocycles. The van der Waals surface area contributed by atoms with Gasteiger partial charge < -0.3 is 20.7 Å². The first-order valence-electron chi connectivity index (χ1n) is 11.2. The van der Waals surface area contributed by atoms with Gasteiger partial charge in [0.25, 0.3) is 0 Å². The maximum absolute atomic E-state index is 13.3. The van der Waals surface area contributed by atoms with E-state index in [4.69, 9.17) is 10.5 Å². The van der Waals surface area contributed by atoms with Crippen LogP contribution in [0, 0.1) is 0 Å². The minimum absolute atomic E-state index is 0.210. The number of ether oxygens (including phenoxy) is 1. The van der Waals surface area contributed by atoms with Crippen LogP contribution in [0.5, 0.6) is 0 Å². The number of alkyl halides is 3. The number of rotatable bonds is 3. The number of nitrogens with two attached hydrogens (primary N) is 1. The molecule has 2 atom stereocenters. The van der Waals surface area contributed by atoms with Crippen LogP contribution >= 0.6 is 0 Å². The van der Waals surface area contributed by atoms with Crippen LogP contribution in [0.3, 0.4) is 0 Å². The lowest BCUT2D eigenvalue weighted by molar-refractivity contribution is -0.137. The average Bonchev–Trinajstić information content (AvgIpc) is 3.46. The summed E-state index contributed by atoms with van der Waals surface area (Å²) in [4.78, 5) is 22.4. The molecular weight excluding hydrogens is 463 g/mol. The molecule has 0 aromatic carbocycles. The van der Waals surface area contributed by atoms with Gasteiger partial charge in [-0.2, -0.15) is 18.3 Å². The molecule has 1 spiro atoms. The highest BCUT2D eigenvalue weighted by Crippen LogP contribution is 2.41. The second kappa shape index (κ2) is 8.52. The Morgan fingerprint density at radius 1 is 1.29 bits per heavy atom. The standard InChI is InChI=1S/C23H24F3N7O2/c1-14(15-3-2-5-28-11-15)30-21(34)32-6-4-22(13-32)19-10-18(31-33(19)7-8-35-22)16-9-17(23(24,25)26)20(27)29-12-16/h2-3,5,9-12,14H,4,6-8,13H2,1H3,(H2,27,29)(H,30,34)/t14-,22?/m0/s1. The molecule has 2 aliphatic rings. The molecule has 0 bridgehead atoms. The molecule has 1 saturated heterocycles. The monoisotopic (exact) mass is 487 g/mol. The highest BCUT2D eigenvalue weighted by Gasteiger charge is 2.47. The maximum atomic E-state index is 13.3. The zero-order chi connectivity index (χ0) is 24.8. The third kappa shape index (κ3) is 4.29. The fourth-order valence-electron chi connectivity index (χ4n) is 4.61. The van der Waals surface area contributed by atoms with Gasteiger partial charge in [-0.25, -0.2) is 9.78 Å². The molecule has 2 amide bonds. The highest BCUT2D eigenvalue weighted by molar-refractivity contribution is 5.75. The summed E-state index contributed by atoms with van der Waals surface area (Å²) in [5, 5.41) is 7.50. The second-order valence-corrected chi connectivity index (χ2v) is 8.76. The van der Waals surface area contributed by atoms with Gasteiger partial charge in [-0.1, -0.05) is 6.07 Å². The summed E-state index contributed by atoms with van der Waals surface area (Å²) in [6, 6.07) is 5.93. The lowest BCUT2D eigenvalue weighted by Gasteiger charge is -2.34. The number of carbonyl (C=O) groups is 1. The number of nitrogen functional groups attached to an aromatic ring is 1. The van der Waals surface area contributed by atoms with E-state index in [-0.39, 0.29) is 17.6 Å². The molecule has 184 valence electrons. The Bertz CT molecular complexity index is 1250. The molecule has 0 radical (unpaired) electrons. The van der Waals surface area contributed by atoms with Crippen molar-refractivity contribution in [3.8, 4) is 11.3 Å². The fraction of sp³-hybridized carbons (Fsp3) is 0.391. The van der Waals surface area contributed by atoms with Crippen molar-refractivity contribution in [2.75, 3.05) is 25.4 Å². The molecule has 3 aromatic rings. The Labute approximate surface area is 199 Å². The number of aromatic nitrogens is 4. The number of hydrogen-bond donors (Lipinski definition) is 2. The summed E-state index contributed by atoms with van der Waals surface area (Å²) in [5.74, 6) is -0.581. The van der Waals surface area contributed by atoms with E-state index in [1.165, 1.54) is 6.20 Å². The number of halogens is 3. The first kappa shape index (κ1) is 23.1. The van der Waals surface area contributed by atoms with E-state index in [0.29, 0.717) is 38.4 Å². The van der Waals surface area contributed by atoms with Crippen LogP contribution in [0.4, 0.5) is 23.8 Å². The zero-order valence-corrected chi connectivity index (χ0v) is 18.9. The summed E-state index contributed by atoms with van der Waals surface area (Å²) in [6.45, 7) is 3.49. The Kier molecular flexibility index (Phi) is 5.62. The van der Waals surface area contributed by atoms with Gasteiger partial charge in [0.15, 0.2) is 0 Å². The normalized spacial score (nSPS) is 20.6. The first-order chi connectivity index (χ1) is 16.7. The lowest BCUT2D eigenvalue weighted by atomic mass is 9.96. The summed E-state index contributed by atoms with van der Waals surface area (Å²) in [7, 11) is 0. The molecule has 2 aliphatic heterocycles. The average molecular weight is 487 g/mol. The van der Waals surface area contributed by atoms with E-state index in [0.717, 1.165) is 17.3 Å². The molecule has 0 aliphatic carbocycles. The van der Waals surface area contributed by atoms with Crippen LogP contribution in [0.25, 0.3) is 11.3 Å². The van der Waals surface area contributed by atoms with Gasteiger partial charge in [0.2, 0.25) is 0 Å². The molecule has 1 unspecified atom stereocenters. The molecule has 1 fully saturated rings. The number of urea groups is 1. The van der Waals surface area contributed by atoms with Gasteiger partial charge in [0, 0.05) is 37.1 Å². The number of fused-ring (bicyclic) bond motifs is 2. The molecule has 5 heterocycles. The minimum atomic E-state index is -4.62. The topological polar surface area (TPSA) is 111 Å².